The Labute approximate surface area is 133 Å². The van der Waals surface area contributed by atoms with Crippen LogP contribution in [0.15, 0.2) is 36.4 Å². The Bertz CT molecular complexity index is 575. The highest BCUT2D eigenvalue weighted by Crippen LogP contribution is 2.39. The number of rotatable bonds is 5. The smallest absolute Gasteiger partial charge is 0.0931 e. The molecule has 106 valence electrons. The van der Waals surface area contributed by atoms with Gasteiger partial charge in [0.1, 0.15) is 0 Å². The normalized spacial score (nSPS) is 21.7. The van der Waals surface area contributed by atoms with Crippen molar-refractivity contribution in [1.82, 2.24) is 5.32 Å². The minimum atomic E-state index is 0.623. The molecule has 0 bridgehead atoms. The molecule has 1 aromatic carbocycles. The first kappa shape index (κ1) is 14.4. The van der Waals surface area contributed by atoms with Crippen LogP contribution in [0.4, 0.5) is 0 Å². The number of hydrogen-bond acceptors (Lipinski definition) is 2. The summed E-state index contributed by atoms with van der Waals surface area (Å²) >= 11 is 13.8. The van der Waals surface area contributed by atoms with Crippen LogP contribution in [0.3, 0.4) is 0 Å². The highest BCUT2D eigenvalue weighted by atomic mass is 35.5. The molecule has 20 heavy (non-hydrogen) atoms. The van der Waals surface area contributed by atoms with Gasteiger partial charge >= 0.3 is 0 Å². The van der Waals surface area contributed by atoms with Crippen molar-refractivity contribution in [2.45, 2.75) is 31.2 Å². The van der Waals surface area contributed by atoms with Crippen LogP contribution in [0.2, 0.25) is 9.36 Å². The lowest BCUT2D eigenvalue weighted by molar-refractivity contribution is 0.293. The molecule has 1 N–H and O–H groups in total. The molecule has 0 aliphatic heterocycles. The van der Waals surface area contributed by atoms with Crippen LogP contribution in [0.1, 0.15) is 29.2 Å². The maximum atomic E-state index is 6.23. The quantitative estimate of drug-likeness (QED) is 0.803. The van der Waals surface area contributed by atoms with E-state index in [-0.39, 0.29) is 0 Å². The van der Waals surface area contributed by atoms with Gasteiger partial charge in [-0.15, -0.1) is 11.3 Å². The van der Waals surface area contributed by atoms with Crippen molar-refractivity contribution >= 4 is 34.5 Å². The standard InChI is InChI=1S/C16H17Cl2NS/c17-15-4-2-1-3-14(15)11-9-12(10-11)19-8-7-13-5-6-16(18)20-13/h1-6,11-12,19H,7-10H2. The topological polar surface area (TPSA) is 12.0 Å². The lowest BCUT2D eigenvalue weighted by Gasteiger charge is -2.36. The molecule has 0 unspecified atom stereocenters. The first-order valence-electron chi connectivity index (χ1n) is 6.94. The predicted molar refractivity (Wildman–Crippen MR) is 88.3 cm³/mol. The van der Waals surface area contributed by atoms with Gasteiger partial charge in [-0.3, -0.25) is 0 Å². The van der Waals surface area contributed by atoms with Gasteiger partial charge < -0.3 is 5.32 Å². The van der Waals surface area contributed by atoms with Gasteiger partial charge in [0, 0.05) is 22.5 Å². The van der Waals surface area contributed by atoms with Gasteiger partial charge in [0.05, 0.1) is 4.34 Å². The molecule has 0 saturated heterocycles. The van der Waals surface area contributed by atoms with Crippen LogP contribution in [0.5, 0.6) is 0 Å². The minimum Gasteiger partial charge on any atom is -0.314 e. The van der Waals surface area contributed by atoms with E-state index >= 15 is 0 Å². The first-order chi connectivity index (χ1) is 9.72. The number of nitrogens with one attached hydrogen (secondary N) is 1. The summed E-state index contributed by atoms with van der Waals surface area (Å²) in [6, 6.07) is 12.9. The van der Waals surface area contributed by atoms with Crippen LogP contribution in [-0.4, -0.2) is 12.6 Å². The highest BCUT2D eigenvalue weighted by Gasteiger charge is 2.30. The molecule has 1 aromatic heterocycles. The van der Waals surface area contributed by atoms with E-state index in [9.17, 15) is 0 Å². The van der Waals surface area contributed by atoms with Gasteiger partial charge in [0.15, 0.2) is 0 Å². The zero-order valence-corrected chi connectivity index (χ0v) is 13.4. The van der Waals surface area contributed by atoms with E-state index in [1.54, 1.807) is 11.3 Å². The minimum absolute atomic E-state index is 0.623. The first-order valence-corrected chi connectivity index (χ1v) is 8.51. The Morgan fingerprint density at radius 2 is 1.90 bits per heavy atom. The van der Waals surface area contributed by atoms with Gasteiger partial charge in [-0.05, 0) is 48.9 Å². The SMILES string of the molecule is Clc1ccc(CCNC2CC(c3ccccc3Cl)C2)s1. The molecule has 2 aromatic rings. The predicted octanol–water partition coefficient (Wildman–Crippen LogP) is 5.13. The summed E-state index contributed by atoms with van der Waals surface area (Å²) in [4.78, 5) is 1.35. The average molecular weight is 326 g/mol. The molecule has 0 spiro atoms. The molecule has 4 heteroatoms. The van der Waals surface area contributed by atoms with E-state index in [4.69, 9.17) is 23.2 Å². The molecule has 0 amide bonds. The van der Waals surface area contributed by atoms with Crippen LogP contribution in [0.25, 0.3) is 0 Å². The summed E-state index contributed by atoms with van der Waals surface area (Å²) in [5, 5.41) is 4.52. The highest BCUT2D eigenvalue weighted by molar-refractivity contribution is 7.16. The monoisotopic (exact) mass is 325 g/mol. The molecule has 1 saturated carbocycles. The van der Waals surface area contributed by atoms with E-state index in [1.807, 2.05) is 18.2 Å². The second-order valence-corrected chi connectivity index (χ2v) is 7.50. The molecule has 1 heterocycles. The van der Waals surface area contributed by atoms with Gasteiger partial charge in [0.25, 0.3) is 0 Å². The van der Waals surface area contributed by atoms with Crippen molar-refractivity contribution < 1.29 is 0 Å². The summed E-state index contributed by atoms with van der Waals surface area (Å²) in [5.74, 6) is 0.623. The number of hydrogen-bond donors (Lipinski definition) is 1. The van der Waals surface area contributed by atoms with Gasteiger partial charge in [-0.1, -0.05) is 41.4 Å². The van der Waals surface area contributed by atoms with Gasteiger partial charge in [0.2, 0.25) is 0 Å². The Morgan fingerprint density at radius 3 is 2.60 bits per heavy atom. The fourth-order valence-electron chi connectivity index (χ4n) is 2.73. The molecule has 1 aliphatic rings. The third-order valence-electron chi connectivity index (χ3n) is 3.92. The lowest BCUT2D eigenvalue weighted by Crippen LogP contribution is -2.41. The molecule has 1 aliphatic carbocycles. The third kappa shape index (κ3) is 3.37. The third-order valence-corrected chi connectivity index (χ3v) is 5.55. The van der Waals surface area contributed by atoms with E-state index in [2.05, 4.69) is 23.5 Å². The van der Waals surface area contributed by atoms with Crippen LogP contribution in [-0.2, 0) is 6.42 Å². The van der Waals surface area contributed by atoms with Crippen LogP contribution < -0.4 is 5.32 Å². The average Bonchev–Trinajstić information content (AvgIpc) is 2.79. The largest absolute Gasteiger partial charge is 0.314 e. The van der Waals surface area contributed by atoms with Crippen molar-refractivity contribution in [3.05, 3.63) is 56.2 Å². The molecular weight excluding hydrogens is 309 g/mol. The Balaban J connectivity index is 1.41. The van der Waals surface area contributed by atoms with Crippen LogP contribution in [0, 0.1) is 0 Å². The number of halogens is 2. The van der Waals surface area contributed by atoms with Crippen molar-refractivity contribution in [3.8, 4) is 0 Å². The summed E-state index contributed by atoms with van der Waals surface area (Å²) < 4.78 is 0.877. The van der Waals surface area contributed by atoms with E-state index in [0.29, 0.717) is 12.0 Å². The molecule has 3 rings (SSSR count). The number of thiophene rings is 1. The van der Waals surface area contributed by atoms with E-state index in [0.717, 1.165) is 22.3 Å². The molecule has 0 atom stereocenters. The Hall–Kier alpha value is -0.540. The summed E-state index contributed by atoms with van der Waals surface area (Å²) in [5.41, 5.74) is 1.30. The molecule has 1 fully saturated rings. The Kier molecular flexibility index (Phi) is 4.67. The van der Waals surface area contributed by atoms with Crippen LogP contribution >= 0.6 is 34.5 Å². The van der Waals surface area contributed by atoms with Crippen molar-refractivity contribution in [2.24, 2.45) is 0 Å². The molecule has 0 radical (unpaired) electrons. The molecular formula is C16H17Cl2NS. The van der Waals surface area contributed by atoms with E-state index in [1.165, 1.54) is 23.3 Å². The zero-order chi connectivity index (χ0) is 13.9. The van der Waals surface area contributed by atoms with Crippen molar-refractivity contribution in [2.75, 3.05) is 6.54 Å². The van der Waals surface area contributed by atoms with Gasteiger partial charge in [-0.2, -0.15) is 0 Å². The van der Waals surface area contributed by atoms with Gasteiger partial charge in [-0.25, -0.2) is 0 Å². The fraction of sp³-hybridized carbons (Fsp3) is 0.375. The second kappa shape index (κ2) is 6.48. The summed E-state index contributed by atoms with van der Waals surface area (Å²) in [6.45, 7) is 1.02. The fourth-order valence-corrected chi connectivity index (χ4v) is 4.11. The maximum absolute atomic E-state index is 6.23. The van der Waals surface area contributed by atoms with E-state index < -0.39 is 0 Å². The lowest BCUT2D eigenvalue weighted by atomic mass is 9.76. The second-order valence-electron chi connectivity index (χ2n) is 5.30. The Morgan fingerprint density at radius 1 is 1.10 bits per heavy atom. The number of benzene rings is 1. The molecule has 1 nitrogen and oxygen atoms in total. The van der Waals surface area contributed by atoms with Crippen molar-refractivity contribution in [1.29, 1.82) is 0 Å². The zero-order valence-electron chi connectivity index (χ0n) is 11.1. The van der Waals surface area contributed by atoms with Crippen molar-refractivity contribution in [3.63, 3.8) is 0 Å². The summed E-state index contributed by atoms with van der Waals surface area (Å²) in [7, 11) is 0. The summed E-state index contributed by atoms with van der Waals surface area (Å²) in [6.07, 6.45) is 3.44. The maximum Gasteiger partial charge on any atom is 0.0931 e.